The molecule has 0 radical (unpaired) electrons. The van der Waals surface area contributed by atoms with Crippen molar-refractivity contribution in [3.05, 3.63) is 65.7 Å². The molecule has 0 atom stereocenters. The molecular weight excluding hydrogens is 460 g/mol. The first-order valence-electron chi connectivity index (χ1n) is 10.8. The van der Waals surface area contributed by atoms with Crippen LogP contribution < -0.4 is 5.32 Å². The van der Waals surface area contributed by atoms with Crippen molar-refractivity contribution in [3.8, 4) is 0 Å². The van der Waals surface area contributed by atoms with Gasteiger partial charge in [-0.2, -0.15) is 8.42 Å². The zero-order chi connectivity index (χ0) is 25.2. The van der Waals surface area contributed by atoms with Gasteiger partial charge in [0.1, 0.15) is 12.2 Å². The smallest absolute Gasteiger partial charge is 0.410 e. The minimum absolute atomic E-state index is 0.0305. The van der Waals surface area contributed by atoms with Crippen LogP contribution in [0, 0.1) is 6.92 Å². The third-order valence-corrected chi connectivity index (χ3v) is 5.75. The number of aryl methyl sites for hydroxylation is 1. The number of carbonyl (C=O) groups excluding carboxylic acids is 2. The fourth-order valence-corrected chi connectivity index (χ4v) is 3.64. The van der Waals surface area contributed by atoms with Crippen LogP contribution in [0.1, 0.15) is 31.9 Å². The van der Waals surface area contributed by atoms with Gasteiger partial charge in [0.05, 0.1) is 11.5 Å². The van der Waals surface area contributed by atoms with Gasteiger partial charge in [0.15, 0.2) is 0 Å². The van der Waals surface area contributed by atoms with E-state index in [1.165, 1.54) is 17.0 Å². The maximum absolute atomic E-state index is 12.6. The summed E-state index contributed by atoms with van der Waals surface area (Å²) in [6.07, 6.45) is -1.28. The predicted octanol–water partition coefficient (Wildman–Crippen LogP) is 3.86. The summed E-state index contributed by atoms with van der Waals surface area (Å²) in [6, 6.07) is 15.4. The van der Waals surface area contributed by atoms with E-state index >= 15 is 0 Å². The highest BCUT2D eigenvalue weighted by Crippen LogP contribution is 2.13. The fourth-order valence-electron chi connectivity index (χ4n) is 2.74. The maximum atomic E-state index is 12.6. The van der Waals surface area contributed by atoms with Crippen molar-refractivity contribution in [2.75, 3.05) is 26.2 Å². The molecule has 0 bridgehead atoms. The van der Waals surface area contributed by atoms with Crippen LogP contribution in [0.4, 0.5) is 9.59 Å². The second-order valence-corrected chi connectivity index (χ2v) is 10.2. The van der Waals surface area contributed by atoms with Crippen LogP contribution in [0.3, 0.4) is 0 Å². The number of rotatable bonds is 10. The van der Waals surface area contributed by atoms with E-state index in [0.717, 1.165) is 11.1 Å². The molecule has 2 aromatic rings. The molecule has 0 saturated carbocycles. The normalized spacial score (nSPS) is 11.5. The van der Waals surface area contributed by atoms with E-state index in [1.807, 2.05) is 37.3 Å². The second kappa shape index (κ2) is 12.4. The monoisotopic (exact) mass is 492 g/mol. The second-order valence-electron chi connectivity index (χ2n) is 8.55. The van der Waals surface area contributed by atoms with Gasteiger partial charge >= 0.3 is 12.2 Å². The van der Waals surface area contributed by atoms with Gasteiger partial charge in [0.2, 0.25) is 0 Å². The summed E-state index contributed by atoms with van der Waals surface area (Å²) in [6.45, 7) is 6.95. The predicted molar refractivity (Wildman–Crippen MR) is 127 cm³/mol. The van der Waals surface area contributed by atoms with Crippen LogP contribution in [0.2, 0.25) is 0 Å². The third kappa shape index (κ3) is 9.80. The first kappa shape index (κ1) is 27.1. The zero-order valence-corrected chi connectivity index (χ0v) is 20.8. The average Bonchev–Trinajstić information content (AvgIpc) is 2.76. The van der Waals surface area contributed by atoms with Crippen molar-refractivity contribution in [2.45, 2.75) is 44.8 Å². The van der Waals surface area contributed by atoms with Crippen LogP contribution in [0.5, 0.6) is 0 Å². The molecule has 2 aromatic carbocycles. The van der Waals surface area contributed by atoms with E-state index in [-0.39, 0.29) is 37.7 Å². The summed E-state index contributed by atoms with van der Waals surface area (Å²) in [4.78, 5) is 25.8. The van der Waals surface area contributed by atoms with E-state index in [2.05, 4.69) is 5.32 Å². The molecule has 34 heavy (non-hydrogen) atoms. The number of carbonyl (C=O) groups is 2. The Balaban J connectivity index is 1.95. The van der Waals surface area contributed by atoms with Crippen molar-refractivity contribution in [3.63, 3.8) is 0 Å². The van der Waals surface area contributed by atoms with E-state index in [0.29, 0.717) is 0 Å². The standard InChI is InChI=1S/C24H32N2O7S/c1-19-10-12-21(13-11-19)34(29,30)32-17-16-26(15-14-25-22(27)33-24(2,3)4)23(28)31-18-20-8-6-5-7-9-20/h5-13H,14-18H2,1-4H3,(H,25,27). The lowest BCUT2D eigenvalue weighted by atomic mass is 10.2. The van der Waals surface area contributed by atoms with Crippen LogP contribution in [0.15, 0.2) is 59.5 Å². The summed E-state index contributed by atoms with van der Waals surface area (Å²) in [5.74, 6) is 0. The number of nitrogens with one attached hydrogen (secondary N) is 1. The summed E-state index contributed by atoms with van der Waals surface area (Å²) in [5.41, 5.74) is 1.07. The molecule has 186 valence electrons. The highest BCUT2D eigenvalue weighted by atomic mass is 32.2. The van der Waals surface area contributed by atoms with Crippen molar-refractivity contribution in [1.29, 1.82) is 0 Å². The molecule has 9 nitrogen and oxygen atoms in total. The van der Waals surface area contributed by atoms with E-state index < -0.39 is 27.9 Å². The van der Waals surface area contributed by atoms with E-state index in [4.69, 9.17) is 13.7 Å². The Hall–Kier alpha value is -3.11. The fraction of sp³-hybridized carbons (Fsp3) is 0.417. The lowest BCUT2D eigenvalue weighted by Gasteiger charge is -2.23. The number of ether oxygens (including phenoxy) is 2. The number of alkyl carbamates (subject to hydrolysis) is 1. The summed E-state index contributed by atoms with van der Waals surface area (Å²) in [5, 5.41) is 2.57. The first-order chi connectivity index (χ1) is 16.0. The largest absolute Gasteiger partial charge is 0.445 e. The van der Waals surface area contributed by atoms with E-state index in [9.17, 15) is 18.0 Å². The molecule has 10 heteroatoms. The van der Waals surface area contributed by atoms with Gasteiger partial charge in [-0.15, -0.1) is 0 Å². The molecule has 0 unspecified atom stereocenters. The molecule has 0 aliphatic rings. The Morgan fingerprint density at radius 1 is 0.971 bits per heavy atom. The van der Waals surface area contributed by atoms with Gasteiger partial charge in [-0.25, -0.2) is 9.59 Å². The van der Waals surface area contributed by atoms with Gasteiger partial charge in [0.25, 0.3) is 10.1 Å². The Morgan fingerprint density at radius 3 is 2.24 bits per heavy atom. The summed E-state index contributed by atoms with van der Waals surface area (Å²) < 4.78 is 40.5. The molecule has 0 fully saturated rings. The first-order valence-corrected chi connectivity index (χ1v) is 12.3. The number of amides is 2. The van der Waals surface area contributed by atoms with Crippen molar-refractivity contribution in [1.82, 2.24) is 10.2 Å². The van der Waals surface area contributed by atoms with Crippen molar-refractivity contribution >= 4 is 22.3 Å². The summed E-state index contributed by atoms with van der Waals surface area (Å²) in [7, 11) is -3.98. The average molecular weight is 493 g/mol. The van der Waals surface area contributed by atoms with Crippen LogP contribution in [-0.4, -0.2) is 57.3 Å². The van der Waals surface area contributed by atoms with Crippen LogP contribution >= 0.6 is 0 Å². The molecule has 0 aliphatic heterocycles. The molecule has 0 aliphatic carbocycles. The minimum atomic E-state index is -3.98. The van der Waals surface area contributed by atoms with Crippen molar-refractivity contribution in [2.24, 2.45) is 0 Å². The topological polar surface area (TPSA) is 111 Å². The van der Waals surface area contributed by atoms with Crippen molar-refractivity contribution < 1.29 is 31.7 Å². The molecule has 2 amide bonds. The lowest BCUT2D eigenvalue weighted by Crippen LogP contribution is -2.42. The highest BCUT2D eigenvalue weighted by Gasteiger charge is 2.20. The van der Waals surface area contributed by atoms with Gasteiger partial charge in [0, 0.05) is 19.6 Å². The zero-order valence-electron chi connectivity index (χ0n) is 19.9. The Kier molecular flexibility index (Phi) is 9.88. The van der Waals surface area contributed by atoms with Gasteiger partial charge < -0.3 is 19.7 Å². The minimum Gasteiger partial charge on any atom is -0.445 e. The quantitative estimate of drug-likeness (QED) is 0.501. The number of hydrogen-bond acceptors (Lipinski definition) is 7. The molecule has 1 N–H and O–H groups in total. The summed E-state index contributed by atoms with van der Waals surface area (Å²) >= 11 is 0. The molecule has 0 heterocycles. The van der Waals surface area contributed by atoms with Gasteiger partial charge in [-0.3, -0.25) is 4.18 Å². The lowest BCUT2D eigenvalue weighted by molar-refractivity contribution is 0.0513. The molecule has 0 aromatic heterocycles. The third-order valence-electron chi connectivity index (χ3n) is 4.42. The SMILES string of the molecule is Cc1ccc(S(=O)(=O)OCCN(CCNC(=O)OC(C)(C)C)C(=O)OCc2ccccc2)cc1. The molecular formula is C24H32N2O7S. The molecule has 0 saturated heterocycles. The Morgan fingerprint density at radius 2 is 1.62 bits per heavy atom. The highest BCUT2D eigenvalue weighted by molar-refractivity contribution is 7.86. The number of hydrogen-bond donors (Lipinski definition) is 1. The van der Waals surface area contributed by atoms with E-state index in [1.54, 1.807) is 32.9 Å². The van der Waals surface area contributed by atoms with Crippen LogP contribution in [0.25, 0.3) is 0 Å². The molecule has 0 spiro atoms. The maximum Gasteiger partial charge on any atom is 0.410 e. The van der Waals surface area contributed by atoms with Gasteiger partial charge in [-0.05, 0) is 45.4 Å². The van der Waals surface area contributed by atoms with Crippen LogP contribution in [-0.2, 0) is 30.4 Å². The number of benzene rings is 2. The number of nitrogens with zero attached hydrogens (tertiary/aromatic N) is 1. The Labute approximate surface area is 201 Å². The van der Waals surface area contributed by atoms with Gasteiger partial charge in [-0.1, -0.05) is 48.0 Å². The molecule has 2 rings (SSSR count). The Bertz CT molecular complexity index is 1030.